The third-order valence-corrected chi connectivity index (χ3v) is 2.84. The fraction of sp³-hybridized carbons (Fsp3) is 0.0714. The highest BCUT2D eigenvalue weighted by atomic mass is 35.5. The molecule has 1 amide bonds. The van der Waals surface area contributed by atoms with Crippen molar-refractivity contribution in [1.29, 1.82) is 0 Å². The number of nitrogen functional groups attached to an aromatic ring is 1. The molecule has 3 nitrogen and oxygen atoms in total. The zero-order valence-corrected chi connectivity index (χ0v) is 10.7. The van der Waals surface area contributed by atoms with Gasteiger partial charge in [0, 0.05) is 17.3 Å². The van der Waals surface area contributed by atoms with E-state index in [0.717, 1.165) is 11.6 Å². The van der Waals surface area contributed by atoms with Crippen molar-refractivity contribution in [3.8, 4) is 0 Å². The van der Waals surface area contributed by atoms with Gasteiger partial charge in [-0.2, -0.15) is 0 Å². The van der Waals surface area contributed by atoms with Gasteiger partial charge in [-0.05, 0) is 35.9 Å². The first-order valence-electron chi connectivity index (χ1n) is 5.64. The first-order chi connectivity index (χ1) is 9.06. The Labute approximate surface area is 115 Å². The van der Waals surface area contributed by atoms with Gasteiger partial charge in [-0.25, -0.2) is 4.39 Å². The van der Waals surface area contributed by atoms with Crippen LogP contribution in [0.25, 0.3) is 0 Å². The van der Waals surface area contributed by atoms with E-state index >= 15 is 0 Å². The smallest absolute Gasteiger partial charge is 0.253 e. The normalized spacial score (nSPS) is 10.2. The first kappa shape index (κ1) is 13.4. The highest BCUT2D eigenvalue weighted by Crippen LogP contribution is 2.14. The van der Waals surface area contributed by atoms with Crippen LogP contribution in [0.5, 0.6) is 0 Å². The van der Waals surface area contributed by atoms with Crippen LogP contribution in [-0.4, -0.2) is 5.91 Å². The molecular weight excluding hydrogens is 267 g/mol. The molecule has 98 valence electrons. The van der Waals surface area contributed by atoms with E-state index in [0.29, 0.717) is 11.6 Å². The minimum Gasteiger partial charge on any atom is -0.398 e. The molecule has 0 aliphatic heterocycles. The molecule has 0 bridgehead atoms. The maximum atomic E-state index is 12.9. The molecule has 0 spiro atoms. The monoisotopic (exact) mass is 278 g/mol. The van der Waals surface area contributed by atoms with Crippen molar-refractivity contribution in [2.45, 2.75) is 6.54 Å². The Kier molecular flexibility index (Phi) is 4.02. The Morgan fingerprint density at radius 1 is 1.26 bits per heavy atom. The molecule has 0 atom stereocenters. The second kappa shape index (κ2) is 5.71. The lowest BCUT2D eigenvalue weighted by Crippen LogP contribution is -2.23. The van der Waals surface area contributed by atoms with Gasteiger partial charge in [0.05, 0.1) is 5.56 Å². The number of nitrogens with one attached hydrogen (secondary N) is 1. The van der Waals surface area contributed by atoms with Crippen molar-refractivity contribution in [3.63, 3.8) is 0 Å². The summed E-state index contributed by atoms with van der Waals surface area (Å²) in [4.78, 5) is 11.9. The molecule has 0 fully saturated rings. The summed E-state index contributed by atoms with van der Waals surface area (Å²) in [5.74, 6) is -0.818. The maximum Gasteiger partial charge on any atom is 0.253 e. The standard InChI is InChI=1S/C14H12ClFN2O/c15-10-3-1-2-9(6-10)8-18-14(19)12-5-4-11(16)7-13(12)17/h1-7H,8,17H2,(H,18,19). The predicted octanol–water partition coefficient (Wildman–Crippen LogP) is 2.99. The zero-order chi connectivity index (χ0) is 13.8. The average Bonchev–Trinajstić information content (AvgIpc) is 2.36. The van der Waals surface area contributed by atoms with Crippen LogP contribution in [0.2, 0.25) is 5.02 Å². The summed E-state index contributed by atoms with van der Waals surface area (Å²) < 4.78 is 12.9. The number of carbonyl (C=O) groups is 1. The topological polar surface area (TPSA) is 55.1 Å². The molecule has 0 heterocycles. The molecule has 0 aliphatic rings. The molecule has 2 aromatic rings. The van der Waals surface area contributed by atoms with Crippen LogP contribution in [0.1, 0.15) is 15.9 Å². The fourth-order valence-electron chi connectivity index (χ4n) is 1.66. The van der Waals surface area contributed by atoms with Crippen LogP contribution in [0.4, 0.5) is 10.1 Å². The number of rotatable bonds is 3. The Morgan fingerprint density at radius 2 is 2.05 bits per heavy atom. The molecule has 0 unspecified atom stereocenters. The van der Waals surface area contributed by atoms with E-state index < -0.39 is 5.82 Å². The number of amides is 1. The summed E-state index contributed by atoms with van der Waals surface area (Å²) >= 11 is 5.85. The quantitative estimate of drug-likeness (QED) is 0.848. The third kappa shape index (κ3) is 3.45. The van der Waals surface area contributed by atoms with Crippen molar-refractivity contribution in [1.82, 2.24) is 5.32 Å². The lowest BCUT2D eigenvalue weighted by atomic mass is 10.1. The second-order valence-electron chi connectivity index (χ2n) is 4.04. The molecular formula is C14H12ClFN2O. The van der Waals surface area contributed by atoms with Gasteiger partial charge in [0.15, 0.2) is 0 Å². The minimum atomic E-state index is -0.469. The van der Waals surface area contributed by atoms with Crippen LogP contribution < -0.4 is 11.1 Å². The average molecular weight is 279 g/mol. The van der Waals surface area contributed by atoms with Gasteiger partial charge in [0.1, 0.15) is 5.82 Å². The molecule has 0 saturated heterocycles. The summed E-state index contributed by atoms with van der Waals surface area (Å²) in [7, 11) is 0. The number of carbonyl (C=O) groups excluding carboxylic acids is 1. The van der Waals surface area contributed by atoms with Crippen molar-refractivity contribution in [2.24, 2.45) is 0 Å². The lowest BCUT2D eigenvalue weighted by molar-refractivity contribution is 0.0952. The van der Waals surface area contributed by atoms with Crippen LogP contribution in [0.15, 0.2) is 42.5 Å². The number of benzene rings is 2. The molecule has 2 rings (SSSR count). The van der Waals surface area contributed by atoms with E-state index in [1.165, 1.54) is 12.1 Å². The third-order valence-electron chi connectivity index (χ3n) is 2.60. The number of halogens is 2. The van der Waals surface area contributed by atoms with Crippen LogP contribution in [0.3, 0.4) is 0 Å². The highest BCUT2D eigenvalue weighted by Gasteiger charge is 2.09. The van der Waals surface area contributed by atoms with Crippen molar-refractivity contribution >= 4 is 23.2 Å². The highest BCUT2D eigenvalue weighted by molar-refractivity contribution is 6.30. The minimum absolute atomic E-state index is 0.114. The van der Waals surface area contributed by atoms with Gasteiger partial charge >= 0.3 is 0 Å². The van der Waals surface area contributed by atoms with Gasteiger partial charge < -0.3 is 11.1 Å². The van der Waals surface area contributed by atoms with E-state index in [-0.39, 0.29) is 17.2 Å². The SMILES string of the molecule is Nc1cc(F)ccc1C(=O)NCc1cccc(Cl)c1. The summed E-state index contributed by atoms with van der Waals surface area (Å²) in [5, 5.41) is 3.31. The van der Waals surface area contributed by atoms with E-state index in [1.54, 1.807) is 18.2 Å². The molecule has 3 N–H and O–H groups in total. The largest absolute Gasteiger partial charge is 0.398 e. The summed E-state index contributed by atoms with van der Waals surface area (Å²) in [6, 6.07) is 10.8. The molecule has 0 aliphatic carbocycles. The van der Waals surface area contributed by atoms with Gasteiger partial charge in [-0.1, -0.05) is 23.7 Å². The summed E-state index contributed by atoms with van der Waals surface area (Å²) in [6.45, 7) is 0.330. The van der Waals surface area contributed by atoms with E-state index in [1.807, 2.05) is 6.07 Å². The van der Waals surface area contributed by atoms with E-state index in [2.05, 4.69) is 5.32 Å². The number of anilines is 1. The molecule has 19 heavy (non-hydrogen) atoms. The van der Waals surface area contributed by atoms with Gasteiger partial charge in [-0.3, -0.25) is 4.79 Å². The Bertz CT molecular complexity index is 616. The summed E-state index contributed by atoms with van der Waals surface area (Å²) in [5.41, 5.74) is 6.84. The zero-order valence-electron chi connectivity index (χ0n) is 9.99. The van der Waals surface area contributed by atoms with Crippen molar-refractivity contribution < 1.29 is 9.18 Å². The van der Waals surface area contributed by atoms with Crippen molar-refractivity contribution in [3.05, 3.63) is 64.4 Å². The van der Waals surface area contributed by atoms with Crippen LogP contribution in [-0.2, 0) is 6.54 Å². The Balaban J connectivity index is 2.05. The van der Waals surface area contributed by atoms with Gasteiger partial charge in [-0.15, -0.1) is 0 Å². The summed E-state index contributed by atoms with van der Waals surface area (Å²) in [6.07, 6.45) is 0. The fourth-order valence-corrected chi connectivity index (χ4v) is 1.88. The first-order valence-corrected chi connectivity index (χ1v) is 6.02. The van der Waals surface area contributed by atoms with Gasteiger partial charge in [0.2, 0.25) is 0 Å². The van der Waals surface area contributed by atoms with Crippen LogP contribution in [0, 0.1) is 5.82 Å². The van der Waals surface area contributed by atoms with Crippen LogP contribution >= 0.6 is 11.6 Å². The van der Waals surface area contributed by atoms with E-state index in [4.69, 9.17) is 17.3 Å². The number of nitrogens with two attached hydrogens (primary N) is 1. The van der Waals surface area contributed by atoms with E-state index in [9.17, 15) is 9.18 Å². The molecule has 2 aromatic carbocycles. The van der Waals surface area contributed by atoms with Crippen molar-refractivity contribution in [2.75, 3.05) is 5.73 Å². The maximum absolute atomic E-state index is 12.9. The van der Waals surface area contributed by atoms with Gasteiger partial charge in [0.25, 0.3) is 5.91 Å². The second-order valence-corrected chi connectivity index (χ2v) is 4.48. The Morgan fingerprint density at radius 3 is 2.74 bits per heavy atom. The predicted molar refractivity (Wildman–Crippen MR) is 73.4 cm³/mol. The Hall–Kier alpha value is -2.07. The number of hydrogen-bond donors (Lipinski definition) is 2. The molecule has 5 heteroatoms. The molecule has 0 radical (unpaired) electrons. The molecule has 0 saturated carbocycles. The molecule has 0 aromatic heterocycles. The number of hydrogen-bond acceptors (Lipinski definition) is 2. The lowest BCUT2D eigenvalue weighted by Gasteiger charge is -2.08.